The van der Waals surface area contributed by atoms with E-state index in [0.29, 0.717) is 6.54 Å². The van der Waals surface area contributed by atoms with Crippen LogP contribution in [0.5, 0.6) is 0 Å². The average molecular weight is 229 g/mol. The monoisotopic (exact) mass is 229 g/mol. The number of hydrogen-bond acceptors (Lipinski definition) is 2. The zero-order valence-electron chi connectivity index (χ0n) is 9.97. The van der Waals surface area contributed by atoms with Crippen molar-refractivity contribution in [1.82, 2.24) is 0 Å². The molecule has 0 amide bonds. The van der Waals surface area contributed by atoms with Gasteiger partial charge in [-0.05, 0) is 30.7 Å². The Morgan fingerprint density at radius 1 is 1.59 bits per heavy atom. The molecule has 0 heterocycles. The van der Waals surface area contributed by atoms with Gasteiger partial charge in [0.2, 0.25) is 0 Å². The fourth-order valence-electron chi connectivity index (χ4n) is 1.54. The predicted molar refractivity (Wildman–Crippen MR) is 70.0 cm³/mol. The van der Waals surface area contributed by atoms with Gasteiger partial charge < -0.3 is 10.0 Å². The van der Waals surface area contributed by atoms with Gasteiger partial charge in [0.05, 0.1) is 6.54 Å². The zero-order chi connectivity index (χ0) is 12.8. The van der Waals surface area contributed by atoms with Crippen LogP contribution in [0.3, 0.4) is 0 Å². The minimum atomic E-state index is -0.961. The first-order valence-electron chi connectivity index (χ1n) is 5.21. The van der Waals surface area contributed by atoms with Gasteiger partial charge in [-0.3, -0.25) is 0 Å². The summed E-state index contributed by atoms with van der Waals surface area (Å²) in [6.45, 7) is 2.44. The maximum Gasteiger partial charge on any atom is 0.328 e. The molecule has 88 valence electrons. The lowest BCUT2D eigenvalue weighted by molar-refractivity contribution is -0.131. The van der Waals surface area contributed by atoms with Crippen LogP contribution in [0.4, 0.5) is 5.69 Å². The summed E-state index contributed by atoms with van der Waals surface area (Å²) < 4.78 is 0. The standard InChI is InChI=1S/C14H15NO2/c1-4-9-15(3)13-7-5-11(2)10-12(13)6-8-14(16)17/h1,5-8,10H,9H2,2-3H3,(H,16,17)/b8-6+. The van der Waals surface area contributed by atoms with E-state index in [4.69, 9.17) is 11.5 Å². The van der Waals surface area contributed by atoms with Crippen LogP contribution in [0.2, 0.25) is 0 Å². The quantitative estimate of drug-likeness (QED) is 0.635. The molecule has 17 heavy (non-hydrogen) atoms. The van der Waals surface area contributed by atoms with Crippen LogP contribution in [-0.4, -0.2) is 24.7 Å². The van der Waals surface area contributed by atoms with Gasteiger partial charge in [0.25, 0.3) is 0 Å². The van der Waals surface area contributed by atoms with Crippen molar-refractivity contribution in [2.45, 2.75) is 6.92 Å². The Balaban J connectivity index is 3.12. The maximum atomic E-state index is 10.5. The fourth-order valence-corrected chi connectivity index (χ4v) is 1.54. The van der Waals surface area contributed by atoms with E-state index in [1.165, 1.54) is 0 Å². The number of rotatable bonds is 4. The van der Waals surface area contributed by atoms with E-state index in [9.17, 15) is 4.79 Å². The number of hydrogen-bond donors (Lipinski definition) is 1. The molecule has 3 heteroatoms. The molecule has 1 aromatic rings. The van der Waals surface area contributed by atoms with Gasteiger partial charge in [0.1, 0.15) is 0 Å². The average Bonchev–Trinajstić information content (AvgIpc) is 2.26. The van der Waals surface area contributed by atoms with Crippen molar-refractivity contribution in [3.8, 4) is 12.3 Å². The molecule has 1 N–H and O–H groups in total. The number of aliphatic carboxylic acids is 1. The molecule has 0 aliphatic carbocycles. The summed E-state index contributed by atoms with van der Waals surface area (Å²) in [6.07, 6.45) is 7.97. The second kappa shape index (κ2) is 5.76. The topological polar surface area (TPSA) is 40.5 Å². The highest BCUT2D eigenvalue weighted by Gasteiger charge is 2.04. The molecule has 0 saturated carbocycles. The van der Waals surface area contributed by atoms with Gasteiger partial charge in [0.15, 0.2) is 0 Å². The van der Waals surface area contributed by atoms with Gasteiger partial charge in [-0.15, -0.1) is 6.42 Å². The third-order valence-electron chi connectivity index (χ3n) is 2.33. The van der Waals surface area contributed by atoms with E-state index in [2.05, 4.69) is 5.92 Å². The first-order chi connectivity index (χ1) is 8.04. The van der Waals surface area contributed by atoms with Crippen molar-refractivity contribution < 1.29 is 9.90 Å². The number of carbonyl (C=O) groups is 1. The Morgan fingerprint density at radius 3 is 2.88 bits per heavy atom. The second-order valence-electron chi connectivity index (χ2n) is 3.79. The minimum absolute atomic E-state index is 0.483. The Hall–Kier alpha value is -2.21. The van der Waals surface area contributed by atoms with Crippen molar-refractivity contribution in [1.29, 1.82) is 0 Å². The molecule has 0 saturated heterocycles. The smallest absolute Gasteiger partial charge is 0.328 e. The van der Waals surface area contributed by atoms with Gasteiger partial charge in [0, 0.05) is 18.8 Å². The Kier molecular flexibility index (Phi) is 4.36. The number of carboxylic acid groups (broad SMARTS) is 1. The van der Waals surface area contributed by atoms with E-state index in [0.717, 1.165) is 22.9 Å². The lowest BCUT2D eigenvalue weighted by Gasteiger charge is -2.19. The number of terminal acetylenes is 1. The Morgan fingerprint density at radius 2 is 2.29 bits per heavy atom. The molecule has 0 atom stereocenters. The summed E-state index contributed by atoms with van der Waals surface area (Å²) in [5.74, 6) is 1.60. The van der Waals surface area contributed by atoms with Crippen molar-refractivity contribution in [2.75, 3.05) is 18.5 Å². The normalized spacial score (nSPS) is 10.2. The number of carboxylic acids is 1. The molecular weight excluding hydrogens is 214 g/mol. The molecule has 0 aliphatic rings. The van der Waals surface area contributed by atoms with Crippen molar-refractivity contribution >= 4 is 17.7 Å². The summed E-state index contributed by atoms with van der Waals surface area (Å²) in [4.78, 5) is 12.4. The minimum Gasteiger partial charge on any atom is -0.478 e. The van der Waals surface area contributed by atoms with E-state index in [1.54, 1.807) is 6.08 Å². The highest BCUT2D eigenvalue weighted by molar-refractivity contribution is 5.87. The van der Waals surface area contributed by atoms with Crippen LogP contribution < -0.4 is 4.90 Å². The molecule has 1 rings (SSSR count). The van der Waals surface area contributed by atoms with Crippen LogP contribution in [0.25, 0.3) is 6.08 Å². The molecule has 0 aliphatic heterocycles. The summed E-state index contributed by atoms with van der Waals surface area (Å²) in [6, 6.07) is 5.84. The van der Waals surface area contributed by atoms with Gasteiger partial charge in [-0.2, -0.15) is 0 Å². The molecular formula is C14H15NO2. The third-order valence-corrected chi connectivity index (χ3v) is 2.33. The van der Waals surface area contributed by atoms with E-state index < -0.39 is 5.97 Å². The summed E-state index contributed by atoms with van der Waals surface area (Å²) in [5.41, 5.74) is 2.85. The molecule has 0 unspecified atom stereocenters. The molecule has 1 aromatic carbocycles. The highest BCUT2D eigenvalue weighted by atomic mass is 16.4. The van der Waals surface area contributed by atoms with Gasteiger partial charge in [-0.25, -0.2) is 4.79 Å². The summed E-state index contributed by atoms with van der Waals surface area (Å²) in [7, 11) is 1.88. The second-order valence-corrected chi connectivity index (χ2v) is 3.79. The van der Waals surface area contributed by atoms with Crippen molar-refractivity contribution in [3.05, 3.63) is 35.4 Å². The molecule has 0 spiro atoms. The van der Waals surface area contributed by atoms with Gasteiger partial charge in [-0.1, -0.05) is 17.6 Å². The third kappa shape index (κ3) is 3.69. The lowest BCUT2D eigenvalue weighted by atomic mass is 10.1. The molecule has 0 bridgehead atoms. The number of benzene rings is 1. The largest absolute Gasteiger partial charge is 0.478 e. The molecule has 0 radical (unpaired) electrons. The Bertz CT molecular complexity index is 483. The Labute approximate surface area is 101 Å². The van der Waals surface area contributed by atoms with Crippen molar-refractivity contribution in [3.63, 3.8) is 0 Å². The van der Waals surface area contributed by atoms with Crippen LogP contribution in [-0.2, 0) is 4.79 Å². The van der Waals surface area contributed by atoms with Crippen LogP contribution in [0, 0.1) is 19.3 Å². The van der Waals surface area contributed by atoms with Crippen LogP contribution >= 0.6 is 0 Å². The zero-order valence-corrected chi connectivity index (χ0v) is 9.97. The number of nitrogens with zero attached hydrogens (tertiary/aromatic N) is 1. The molecule has 0 aromatic heterocycles. The fraction of sp³-hybridized carbons (Fsp3) is 0.214. The summed E-state index contributed by atoms with van der Waals surface area (Å²) in [5, 5.41) is 8.64. The molecule has 0 fully saturated rings. The van der Waals surface area contributed by atoms with Crippen LogP contribution in [0.1, 0.15) is 11.1 Å². The maximum absolute atomic E-state index is 10.5. The predicted octanol–water partition coefficient (Wildman–Crippen LogP) is 2.16. The number of anilines is 1. The highest BCUT2D eigenvalue weighted by Crippen LogP contribution is 2.22. The van der Waals surface area contributed by atoms with E-state index >= 15 is 0 Å². The first kappa shape index (κ1) is 12.9. The van der Waals surface area contributed by atoms with Crippen LogP contribution in [0.15, 0.2) is 24.3 Å². The van der Waals surface area contributed by atoms with E-state index in [-0.39, 0.29) is 0 Å². The lowest BCUT2D eigenvalue weighted by Crippen LogP contribution is -2.18. The molecule has 3 nitrogen and oxygen atoms in total. The summed E-state index contributed by atoms with van der Waals surface area (Å²) >= 11 is 0. The van der Waals surface area contributed by atoms with E-state index in [1.807, 2.05) is 37.1 Å². The first-order valence-corrected chi connectivity index (χ1v) is 5.21. The van der Waals surface area contributed by atoms with Crippen molar-refractivity contribution in [2.24, 2.45) is 0 Å². The number of aryl methyl sites for hydroxylation is 1. The SMILES string of the molecule is C#CCN(C)c1ccc(C)cc1/C=C/C(=O)O. The van der Waals surface area contributed by atoms with Gasteiger partial charge >= 0.3 is 5.97 Å².